The lowest BCUT2D eigenvalue weighted by Crippen LogP contribution is -2.14. The Bertz CT molecular complexity index is 994. The quantitative estimate of drug-likeness (QED) is 0.536. The van der Waals surface area contributed by atoms with E-state index >= 15 is 0 Å². The number of para-hydroxylation sites is 2. The van der Waals surface area contributed by atoms with Gasteiger partial charge < -0.3 is 5.32 Å². The summed E-state index contributed by atoms with van der Waals surface area (Å²) < 4.78 is 92.8. The molecule has 0 aliphatic carbocycles. The van der Waals surface area contributed by atoms with E-state index in [4.69, 9.17) is 0 Å². The first-order valence-electron chi connectivity index (χ1n) is 8.13. The van der Waals surface area contributed by atoms with Crippen molar-refractivity contribution < 1.29 is 30.7 Å². The lowest BCUT2D eigenvalue weighted by Gasteiger charge is -2.16. The standard InChI is InChI=1S/C19H13F7N2/c20-14-6-1-2-7-15(14)27-9-8-11-10-16(19(24,25)26)28-17-12(11)4-3-5-13(17)18(21,22)23/h1-7,10,27H,8-9H2. The van der Waals surface area contributed by atoms with Gasteiger partial charge in [0.2, 0.25) is 0 Å². The van der Waals surface area contributed by atoms with Crippen LogP contribution in [-0.2, 0) is 18.8 Å². The zero-order chi connectivity index (χ0) is 20.5. The Morgan fingerprint density at radius 2 is 1.57 bits per heavy atom. The third kappa shape index (κ3) is 4.18. The minimum absolute atomic E-state index is 0.0214. The molecule has 0 fully saturated rings. The lowest BCUT2D eigenvalue weighted by molar-refractivity contribution is -0.142. The van der Waals surface area contributed by atoms with Gasteiger partial charge >= 0.3 is 12.4 Å². The zero-order valence-electron chi connectivity index (χ0n) is 14.1. The van der Waals surface area contributed by atoms with E-state index in [2.05, 4.69) is 10.3 Å². The van der Waals surface area contributed by atoms with Crippen LogP contribution in [0.3, 0.4) is 0 Å². The third-order valence-corrected chi connectivity index (χ3v) is 4.10. The van der Waals surface area contributed by atoms with E-state index in [0.717, 1.165) is 12.1 Å². The van der Waals surface area contributed by atoms with Crippen LogP contribution in [0.25, 0.3) is 10.9 Å². The number of nitrogens with one attached hydrogen (secondary N) is 1. The molecule has 0 aliphatic rings. The molecule has 0 spiro atoms. The predicted octanol–water partition coefficient (Wildman–Crippen LogP) is 6.07. The van der Waals surface area contributed by atoms with E-state index < -0.39 is 34.9 Å². The van der Waals surface area contributed by atoms with Crippen molar-refractivity contribution in [1.82, 2.24) is 4.98 Å². The second kappa shape index (κ2) is 7.29. The molecular formula is C19H13F7N2. The van der Waals surface area contributed by atoms with Crippen LogP contribution in [0.15, 0.2) is 48.5 Å². The molecule has 0 radical (unpaired) electrons. The smallest absolute Gasteiger partial charge is 0.382 e. The fourth-order valence-electron chi connectivity index (χ4n) is 2.84. The second-order valence-electron chi connectivity index (χ2n) is 6.02. The Balaban J connectivity index is 2.02. The van der Waals surface area contributed by atoms with Crippen molar-refractivity contribution in [1.29, 1.82) is 0 Å². The first-order chi connectivity index (χ1) is 13.1. The molecular weight excluding hydrogens is 389 g/mol. The highest BCUT2D eigenvalue weighted by Crippen LogP contribution is 2.37. The van der Waals surface area contributed by atoms with Crippen molar-refractivity contribution in [3.63, 3.8) is 0 Å². The Morgan fingerprint density at radius 3 is 2.21 bits per heavy atom. The van der Waals surface area contributed by atoms with Gasteiger partial charge in [-0.25, -0.2) is 9.37 Å². The van der Waals surface area contributed by atoms with Gasteiger partial charge in [0.15, 0.2) is 0 Å². The van der Waals surface area contributed by atoms with Crippen molar-refractivity contribution in [2.24, 2.45) is 0 Å². The molecule has 1 N–H and O–H groups in total. The minimum atomic E-state index is -4.90. The molecule has 1 heterocycles. The summed E-state index contributed by atoms with van der Waals surface area (Å²) in [6, 6.07) is 9.53. The molecule has 0 atom stereocenters. The number of nitrogens with zero attached hydrogens (tertiary/aromatic N) is 1. The highest BCUT2D eigenvalue weighted by atomic mass is 19.4. The summed E-state index contributed by atoms with van der Waals surface area (Å²) in [5, 5.41) is 2.70. The topological polar surface area (TPSA) is 24.9 Å². The molecule has 0 amide bonds. The summed E-state index contributed by atoms with van der Waals surface area (Å²) in [6.45, 7) is 0.0214. The number of alkyl halides is 6. The van der Waals surface area contributed by atoms with Crippen LogP contribution in [0.2, 0.25) is 0 Å². The summed E-state index contributed by atoms with van der Waals surface area (Å²) in [7, 11) is 0. The second-order valence-corrected chi connectivity index (χ2v) is 6.02. The maximum atomic E-state index is 13.6. The van der Waals surface area contributed by atoms with E-state index in [1.54, 1.807) is 6.07 Å². The number of halogens is 7. The average Bonchev–Trinajstić information content (AvgIpc) is 2.61. The molecule has 0 bridgehead atoms. The number of anilines is 1. The van der Waals surface area contributed by atoms with E-state index in [9.17, 15) is 30.7 Å². The summed E-state index contributed by atoms with van der Waals surface area (Å²) in [5.41, 5.74) is -3.22. The summed E-state index contributed by atoms with van der Waals surface area (Å²) >= 11 is 0. The maximum Gasteiger partial charge on any atom is 0.433 e. The molecule has 1 aromatic heterocycles. The van der Waals surface area contributed by atoms with Gasteiger partial charge in [-0.1, -0.05) is 24.3 Å². The summed E-state index contributed by atoms with van der Waals surface area (Å²) in [5.74, 6) is -0.544. The number of aromatic nitrogens is 1. The van der Waals surface area contributed by atoms with Crippen molar-refractivity contribution in [3.8, 4) is 0 Å². The summed E-state index contributed by atoms with van der Waals surface area (Å²) in [4.78, 5) is 3.23. The van der Waals surface area contributed by atoms with Gasteiger partial charge in [0, 0.05) is 11.9 Å². The fraction of sp³-hybridized carbons (Fsp3) is 0.211. The van der Waals surface area contributed by atoms with Crippen LogP contribution in [0.4, 0.5) is 36.4 Å². The maximum absolute atomic E-state index is 13.6. The van der Waals surface area contributed by atoms with E-state index in [-0.39, 0.29) is 29.6 Å². The average molecular weight is 402 g/mol. The normalized spacial score (nSPS) is 12.4. The number of rotatable bonds is 4. The third-order valence-electron chi connectivity index (χ3n) is 4.10. The number of hydrogen-bond acceptors (Lipinski definition) is 2. The largest absolute Gasteiger partial charge is 0.433 e. The van der Waals surface area contributed by atoms with E-state index in [0.29, 0.717) is 6.07 Å². The predicted molar refractivity (Wildman–Crippen MR) is 90.3 cm³/mol. The molecule has 2 aromatic carbocycles. The van der Waals surface area contributed by atoms with Crippen molar-refractivity contribution in [2.45, 2.75) is 18.8 Å². The van der Waals surface area contributed by atoms with Gasteiger partial charge in [0.25, 0.3) is 0 Å². The van der Waals surface area contributed by atoms with Gasteiger partial charge in [-0.2, -0.15) is 26.3 Å². The van der Waals surface area contributed by atoms with Crippen molar-refractivity contribution in [3.05, 3.63) is 71.2 Å². The molecule has 2 nitrogen and oxygen atoms in total. The minimum Gasteiger partial charge on any atom is -0.382 e. The Morgan fingerprint density at radius 1 is 0.857 bits per heavy atom. The lowest BCUT2D eigenvalue weighted by atomic mass is 10.0. The van der Waals surface area contributed by atoms with Crippen LogP contribution in [-0.4, -0.2) is 11.5 Å². The highest BCUT2D eigenvalue weighted by Gasteiger charge is 2.37. The Hall–Kier alpha value is -2.84. The molecule has 0 aliphatic heterocycles. The highest BCUT2D eigenvalue weighted by molar-refractivity contribution is 5.86. The van der Waals surface area contributed by atoms with Crippen LogP contribution in [0, 0.1) is 5.82 Å². The molecule has 0 saturated carbocycles. The Kier molecular flexibility index (Phi) is 5.18. The van der Waals surface area contributed by atoms with Gasteiger partial charge in [-0.3, -0.25) is 0 Å². The molecule has 0 saturated heterocycles. The molecule has 9 heteroatoms. The van der Waals surface area contributed by atoms with Gasteiger partial charge in [-0.15, -0.1) is 0 Å². The molecule has 0 unspecified atom stereocenters. The first kappa shape index (κ1) is 19.9. The molecule has 3 rings (SSSR count). The number of fused-ring (bicyclic) bond motifs is 1. The first-order valence-corrected chi connectivity index (χ1v) is 8.13. The van der Waals surface area contributed by atoms with Gasteiger partial charge in [-0.05, 0) is 36.2 Å². The van der Waals surface area contributed by atoms with Crippen LogP contribution in [0.5, 0.6) is 0 Å². The molecule has 148 valence electrons. The number of pyridine rings is 1. The molecule has 3 aromatic rings. The van der Waals surface area contributed by atoms with Gasteiger partial charge in [0.1, 0.15) is 11.5 Å². The zero-order valence-corrected chi connectivity index (χ0v) is 14.1. The number of benzene rings is 2. The fourth-order valence-corrected chi connectivity index (χ4v) is 2.84. The van der Waals surface area contributed by atoms with Crippen molar-refractivity contribution in [2.75, 3.05) is 11.9 Å². The van der Waals surface area contributed by atoms with E-state index in [1.165, 1.54) is 24.3 Å². The van der Waals surface area contributed by atoms with Gasteiger partial charge in [0.05, 0.1) is 16.8 Å². The van der Waals surface area contributed by atoms with Crippen LogP contribution < -0.4 is 5.32 Å². The van der Waals surface area contributed by atoms with Crippen LogP contribution in [0.1, 0.15) is 16.8 Å². The monoisotopic (exact) mass is 402 g/mol. The number of hydrogen-bond donors (Lipinski definition) is 1. The van der Waals surface area contributed by atoms with E-state index in [1.807, 2.05) is 0 Å². The van der Waals surface area contributed by atoms with Crippen LogP contribution >= 0.6 is 0 Å². The molecule has 28 heavy (non-hydrogen) atoms. The summed E-state index contributed by atoms with van der Waals surface area (Å²) in [6.07, 6.45) is -9.81. The SMILES string of the molecule is Fc1ccccc1NCCc1cc(C(F)(F)F)nc2c(C(F)(F)F)cccc12. The Labute approximate surface area is 155 Å². The van der Waals surface area contributed by atoms with Crippen molar-refractivity contribution >= 4 is 16.6 Å².